The predicted molar refractivity (Wildman–Crippen MR) is 60.6 cm³/mol. The number of benzene rings is 1. The van der Waals surface area contributed by atoms with Crippen molar-refractivity contribution in [2.75, 3.05) is 5.32 Å². The summed E-state index contributed by atoms with van der Waals surface area (Å²) in [6.45, 7) is 0. The summed E-state index contributed by atoms with van der Waals surface area (Å²) in [6.07, 6.45) is 4.27. The number of nitrogens with zero attached hydrogens (tertiary/aromatic N) is 1. The number of carbonyl (C=O) groups is 1. The fraction of sp³-hybridized carbons (Fsp3) is 0. The number of amides is 1. The second kappa shape index (κ2) is 5.07. The molecular formula is C12H9FN2O2. The summed E-state index contributed by atoms with van der Waals surface area (Å²) in [5.41, 5.74) is 0.738. The Kier molecular flexibility index (Phi) is 3.30. The van der Waals surface area contributed by atoms with Gasteiger partial charge in [-0.3, -0.25) is 4.79 Å². The lowest BCUT2D eigenvalue weighted by Gasteiger charge is -1.95. The molecule has 2 aromatic rings. The van der Waals surface area contributed by atoms with Gasteiger partial charge in [-0.15, -0.1) is 0 Å². The Morgan fingerprint density at radius 3 is 2.71 bits per heavy atom. The van der Waals surface area contributed by atoms with E-state index >= 15 is 0 Å². The molecule has 4 nitrogen and oxygen atoms in total. The Morgan fingerprint density at radius 1 is 1.29 bits per heavy atom. The van der Waals surface area contributed by atoms with Gasteiger partial charge in [-0.05, 0) is 23.8 Å². The van der Waals surface area contributed by atoms with Crippen LogP contribution in [0.3, 0.4) is 0 Å². The molecule has 0 aliphatic heterocycles. The van der Waals surface area contributed by atoms with Gasteiger partial charge in [0, 0.05) is 12.1 Å². The molecular weight excluding hydrogens is 223 g/mol. The van der Waals surface area contributed by atoms with Crippen molar-refractivity contribution in [2.24, 2.45) is 0 Å². The van der Waals surface area contributed by atoms with Crippen LogP contribution in [0.4, 0.5) is 10.2 Å². The largest absolute Gasteiger partial charge is 0.363 e. The lowest BCUT2D eigenvalue weighted by Crippen LogP contribution is -2.07. The standard InChI is InChI=1S/C12H9FN2O2/c13-10-4-1-9(2-5-10)3-6-12(16)14-11-7-8-17-15-11/h1-8H,(H,14,15,16)/b6-3+. The molecule has 0 atom stereocenters. The first kappa shape index (κ1) is 11.1. The number of halogens is 1. The summed E-state index contributed by atoms with van der Waals surface area (Å²) in [5, 5.41) is 6.03. The number of anilines is 1. The van der Waals surface area contributed by atoms with Crippen LogP contribution >= 0.6 is 0 Å². The highest BCUT2D eigenvalue weighted by molar-refractivity contribution is 6.01. The third-order valence-electron chi connectivity index (χ3n) is 1.99. The highest BCUT2D eigenvalue weighted by Crippen LogP contribution is 2.05. The van der Waals surface area contributed by atoms with E-state index in [4.69, 9.17) is 0 Å². The van der Waals surface area contributed by atoms with Crippen LogP contribution in [-0.4, -0.2) is 11.1 Å². The quantitative estimate of drug-likeness (QED) is 0.827. The van der Waals surface area contributed by atoms with E-state index in [1.807, 2.05) is 0 Å². The van der Waals surface area contributed by atoms with Gasteiger partial charge in [0.15, 0.2) is 5.82 Å². The molecule has 1 heterocycles. The van der Waals surface area contributed by atoms with Crippen molar-refractivity contribution in [1.82, 2.24) is 5.16 Å². The van der Waals surface area contributed by atoms with Crippen LogP contribution in [0.5, 0.6) is 0 Å². The van der Waals surface area contributed by atoms with Crippen LogP contribution in [-0.2, 0) is 4.79 Å². The first-order chi connectivity index (χ1) is 8.24. The van der Waals surface area contributed by atoms with Crippen LogP contribution in [0.1, 0.15) is 5.56 Å². The number of carbonyl (C=O) groups excluding carboxylic acids is 1. The summed E-state index contributed by atoms with van der Waals surface area (Å²) in [6, 6.07) is 7.35. The summed E-state index contributed by atoms with van der Waals surface area (Å²) >= 11 is 0. The molecule has 17 heavy (non-hydrogen) atoms. The monoisotopic (exact) mass is 232 g/mol. The molecule has 1 N–H and O–H groups in total. The molecule has 0 bridgehead atoms. The summed E-state index contributed by atoms with van der Waals surface area (Å²) < 4.78 is 17.2. The van der Waals surface area contributed by atoms with Gasteiger partial charge in [0.25, 0.3) is 0 Å². The van der Waals surface area contributed by atoms with Gasteiger partial charge in [-0.1, -0.05) is 17.3 Å². The zero-order valence-electron chi connectivity index (χ0n) is 8.76. The fourth-order valence-electron chi connectivity index (χ4n) is 1.19. The van der Waals surface area contributed by atoms with Gasteiger partial charge in [0.05, 0.1) is 0 Å². The van der Waals surface area contributed by atoms with Crippen LogP contribution in [0.2, 0.25) is 0 Å². The Bertz CT molecular complexity index is 518. The SMILES string of the molecule is O=C(/C=C/c1ccc(F)cc1)Nc1ccon1. The van der Waals surface area contributed by atoms with E-state index in [9.17, 15) is 9.18 Å². The fourth-order valence-corrected chi connectivity index (χ4v) is 1.19. The Labute approximate surface area is 96.7 Å². The first-order valence-electron chi connectivity index (χ1n) is 4.89. The van der Waals surface area contributed by atoms with E-state index in [0.29, 0.717) is 5.82 Å². The molecule has 2 rings (SSSR count). The number of nitrogens with one attached hydrogen (secondary N) is 1. The Balaban J connectivity index is 1.96. The van der Waals surface area contributed by atoms with Crippen LogP contribution in [0.25, 0.3) is 6.08 Å². The number of hydrogen-bond donors (Lipinski definition) is 1. The highest BCUT2D eigenvalue weighted by atomic mass is 19.1. The van der Waals surface area contributed by atoms with Crippen molar-refractivity contribution in [3.8, 4) is 0 Å². The number of rotatable bonds is 3. The molecule has 86 valence electrons. The minimum Gasteiger partial charge on any atom is -0.363 e. The van der Waals surface area contributed by atoms with Crippen molar-refractivity contribution in [1.29, 1.82) is 0 Å². The van der Waals surface area contributed by atoms with Crippen LogP contribution in [0.15, 0.2) is 47.2 Å². The molecule has 0 radical (unpaired) electrons. The van der Waals surface area contributed by atoms with E-state index in [2.05, 4.69) is 15.0 Å². The number of hydrogen-bond acceptors (Lipinski definition) is 3. The average Bonchev–Trinajstić information content (AvgIpc) is 2.81. The minimum atomic E-state index is -0.330. The van der Waals surface area contributed by atoms with E-state index < -0.39 is 0 Å². The summed E-state index contributed by atoms with van der Waals surface area (Å²) in [5.74, 6) is -0.295. The maximum Gasteiger partial charge on any atom is 0.249 e. The van der Waals surface area contributed by atoms with Crippen molar-refractivity contribution < 1.29 is 13.7 Å². The molecule has 0 unspecified atom stereocenters. The topological polar surface area (TPSA) is 55.1 Å². The maximum absolute atomic E-state index is 12.6. The van der Waals surface area contributed by atoms with Crippen LogP contribution < -0.4 is 5.32 Å². The third-order valence-corrected chi connectivity index (χ3v) is 1.99. The lowest BCUT2D eigenvalue weighted by atomic mass is 10.2. The van der Waals surface area contributed by atoms with Gasteiger partial charge in [0.2, 0.25) is 5.91 Å². The number of aromatic nitrogens is 1. The minimum absolute atomic E-state index is 0.311. The zero-order chi connectivity index (χ0) is 12.1. The predicted octanol–water partition coefficient (Wildman–Crippen LogP) is 2.47. The molecule has 0 aliphatic carbocycles. The van der Waals surface area contributed by atoms with E-state index in [1.54, 1.807) is 18.2 Å². The lowest BCUT2D eigenvalue weighted by molar-refractivity contribution is -0.111. The second-order valence-corrected chi connectivity index (χ2v) is 3.26. The van der Waals surface area contributed by atoms with Gasteiger partial charge >= 0.3 is 0 Å². The molecule has 1 aromatic heterocycles. The van der Waals surface area contributed by atoms with Gasteiger partial charge in [-0.2, -0.15) is 0 Å². The Hall–Kier alpha value is -2.43. The van der Waals surface area contributed by atoms with E-state index in [-0.39, 0.29) is 11.7 Å². The first-order valence-corrected chi connectivity index (χ1v) is 4.89. The van der Waals surface area contributed by atoms with Gasteiger partial charge in [-0.25, -0.2) is 4.39 Å². The van der Waals surface area contributed by atoms with Gasteiger partial charge in [0.1, 0.15) is 12.1 Å². The average molecular weight is 232 g/mol. The summed E-state index contributed by atoms with van der Waals surface area (Å²) in [7, 11) is 0. The van der Waals surface area contributed by atoms with Crippen molar-refractivity contribution in [3.05, 3.63) is 54.1 Å². The molecule has 0 aliphatic rings. The smallest absolute Gasteiger partial charge is 0.249 e. The Morgan fingerprint density at radius 2 is 2.06 bits per heavy atom. The molecule has 0 fully saturated rings. The third kappa shape index (κ3) is 3.27. The van der Waals surface area contributed by atoms with Crippen molar-refractivity contribution in [3.63, 3.8) is 0 Å². The summed E-state index contributed by atoms with van der Waals surface area (Å²) in [4.78, 5) is 11.4. The molecule has 1 amide bonds. The second-order valence-electron chi connectivity index (χ2n) is 3.26. The van der Waals surface area contributed by atoms with E-state index in [0.717, 1.165) is 5.56 Å². The zero-order valence-corrected chi connectivity index (χ0v) is 8.76. The molecule has 0 saturated heterocycles. The maximum atomic E-state index is 12.6. The molecule has 5 heteroatoms. The van der Waals surface area contributed by atoms with Crippen LogP contribution in [0, 0.1) is 5.82 Å². The van der Waals surface area contributed by atoms with Crippen molar-refractivity contribution in [2.45, 2.75) is 0 Å². The van der Waals surface area contributed by atoms with Gasteiger partial charge < -0.3 is 9.84 Å². The van der Waals surface area contributed by atoms with E-state index in [1.165, 1.54) is 30.5 Å². The highest BCUT2D eigenvalue weighted by Gasteiger charge is 1.99. The molecule has 0 saturated carbocycles. The molecule has 1 aromatic carbocycles. The normalized spacial score (nSPS) is 10.6. The van der Waals surface area contributed by atoms with Crippen molar-refractivity contribution >= 4 is 17.8 Å². The molecule has 0 spiro atoms.